The van der Waals surface area contributed by atoms with Gasteiger partial charge in [0.2, 0.25) is 10.0 Å². The second-order valence-corrected chi connectivity index (χ2v) is 9.23. The van der Waals surface area contributed by atoms with Crippen molar-refractivity contribution in [2.75, 3.05) is 5.75 Å². The van der Waals surface area contributed by atoms with Crippen molar-refractivity contribution in [3.63, 3.8) is 0 Å². The van der Waals surface area contributed by atoms with Gasteiger partial charge in [-0.25, -0.2) is 8.42 Å². The average molecular weight is 402 g/mol. The van der Waals surface area contributed by atoms with Gasteiger partial charge >= 0.3 is 5.97 Å². The van der Waals surface area contributed by atoms with E-state index in [4.69, 9.17) is 5.11 Å². The third-order valence-corrected chi connectivity index (χ3v) is 6.55. The number of nitrogens with one attached hydrogen (secondary N) is 1. The molecule has 0 aromatic heterocycles. The monoisotopic (exact) mass is 401 g/mol. The number of carboxylic acid groups (broad SMARTS) is 1. The van der Waals surface area contributed by atoms with Crippen molar-refractivity contribution in [3.05, 3.63) is 71.5 Å². The van der Waals surface area contributed by atoms with Crippen molar-refractivity contribution in [1.82, 2.24) is 4.72 Å². The van der Waals surface area contributed by atoms with Crippen molar-refractivity contribution in [3.8, 4) is 0 Å². The molecule has 0 fully saturated rings. The van der Waals surface area contributed by atoms with Gasteiger partial charge in [-0.1, -0.05) is 54.6 Å². The number of hydrogen-bond acceptors (Lipinski definition) is 3. The molecule has 0 saturated heterocycles. The maximum Gasteiger partial charge on any atom is 0.303 e. The van der Waals surface area contributed by atoms with E-state index in [2.05, 4.69) is 16.9 Å². The molecule has 1 aromatic rings. The molecule has 5 nitrogen and oxygen atoms in total. The number of benzene rings is 1. The van der Waals surface area contributed by atoms with Crippen LogP contribution < -0.4 is 4.72 Å². The zero-order valence-corrected chi connectivity index (χ0v) is 16.7. The minimum atomic E-state index is -3.40. The van der Waals surface area contributed by atoms with E-state index >= 15 is 0 Å². The maximum absolute atomic E-state index is 12.6. The van der Waals surface area contributed by atoms with Gasteiger partial charge in [0, 0.05) is 24.0 Å². The van der Waals surface area contributed by atoms with Crippen LogP contribution in [0.4, 0.5) is 0 Å². The molecule has 1 aromatic carbocycles. The van der Waals surface area contributed by atoms with Crippen LogP contribution in [0.2, 0.25) is 0 Å². The van der Waals surface area contributed by atoms with E-state index in [1.165, 1.54) is 0 Å². The number of carbonyl (C=O) groups is 1. The molecule has 0 radical (unpaired) electrons. The van der Waals surface area contributed by atoms with Gasteiger partial charge in [0.15, 0.2) is 0 Å². The molecule has 3 rings (SSSR count). The summed E-state index contributed by atoms with van der Waals surface area (Å²) >= 11 is 0. The number of rotatable bonds is 11. The van der Waals surface area contributed by atoms with Crippen molar-refractivity contribution in [2.24, 2.45) is 11.8 Å². The molecule has 2 bridgehead atoms. The molecule has 0 aliphatic heterocycles. The predicted octanol–water partition coefficient (Wildman–Crippen LogP) is 3.81. The largest absolute Gasteiger partial charge is 0.481 e. The number of fused-ring (bicyclic) bond motifs is 2. The molecule has 2 atom stereocenters. The average Bonchev–Trinajstić information content (AvgIpc) is 3.26. The molecule has 2 aliphatic rings. The van der Waals surface area contributed by atoms with Crippen LogP contribution in [0.5, 0.6) is 0 Å². The van der Waals surface area contributed by atoms with Crippen LogP contribution in [0, 0.1) is 11.8 Å². The molecule has 0 heterocycles. The van der Waals surface area contributed by atoms with Crippen molar-refractivity contribution >= 4 is 16.0 Å². The van der Waals surface area contributed by atoms with Crippen molar-refractivity contribution in [2.45, 2.75) is 38.5 Å². The fraction of sp³-hybridized carbons (Fsp3) is 0.409. The molecular formula is C22H27NO4S. The Hall–Kier alpha value is -2.34. The van der Waals surface area contributed by atoms with Gasteiger partial charge in [-0.3, -0.25) is 9.52 Å². The Morgan fingerprint density at radius 1 is 1.14 bits per heavy atom. The number of allylic oxidation sites excluding steroid dienone is 5. The number of hydrogen-bond donors (Lipinski definition) is 2. The first kappa shape index (κ1) is 20.4. The minimum absolute atomic E-state index is 0.0694. The van der Waals surface area contributed by atoms with Gasteiger partial charge < -0.3 is 5.11 Å². The van der Waals surface area contributed by atoms with Gasteiger partial charge in [0.05, 0.1) is 5.75 Å². The lowest BCUT2D eigenvalue weighted by Crippen LogP contribution is -2.29. The summed E-state index contributed by atoms with van der Waals surface area (Å²) in [5.41, 5.74) is 3.00. The predicted molar refractivity (Wildman–Crippen MR) is 110 cm³/mol. The first-order chi connectivity index (χ1) is 13.4. The van der Waals surface area contributed by atoms with E-state index in [9.17, 15) is 13.2 Å². The molecule has 2 aliphatic carbocycles. The van der Waals surface area contributed by atoms with Gasteiger partial charge in [0.1, 0.15) is 0 Å². The highest BCUT2D eigenvalue weighted by Gasteiger charge is 2.36. The van der Waals surface area contributed by atoms with E-state index in [-0.39, 0.29) is 18.1 Å². The molecule has 0 amide bonds. The minimum Gasteiger partial charge on any atom is -0.481 e. The zero-order valence-electron chi connectivity index (χ0n) is 15.9. The number of sulfonamides is 1. The number of aryl methyl sites for hydroxylation is 1. The van der Waals surface area contributed by atoms with Crippen LogP contribution in [0.1, 0.15) is 37.7 Å². The second-order valence-electron chi connectivity index (χ2n) is 7.39. The van der Waals surface area contributed by atoms with E-state index in [0.29, 0.717) is 25.2 Å². The number of aliphatic carboxylic acids is 1. The van der Waals surface area contributed by atoms with Crippen LogP contribution in [0.25, 0.3) is 0 Å². The summed E-state index contributed by atoms with van der Waals surface area (Å²) in [5.74, 6) is -0.242. The van der Waals surface area contributed by atoms with Gasteiger partial charge in [-0.15, -0.1) is 0 Å². The van der Waals surface area contributed by atoms with Gasteiger partial charge in [-0.2, -0.15) is 0 Å². The SMILES string of the molecule is O=C(O)CCCC=CCC1=C(NS(=O)(=O)CCc2ccccc2)C2C=CC1C2. The Kier molecular flexibility index (Phi) is 6.73. The van der Waals surface area contributed by atoms with Crippen LogP contribution in [-0.2, 0) is 21.2 Å². The topological polar surface area (TPSA) is 83.5 Å². The highest BCUT2D eigenvalue weighted by Crippen LogP contribution is 2.44. The van der Waals surface area contributed by atoms with E-state index in [0.717, 1.165) is 29.7 Å². The Balaban J connectivity index is 1.59. The molecule has 28 heavy (non-hydrogen) atoms. The van der Waals surface area contributed by atoms with Crippen LogP contribution in [0.15, 0.2) is 65.9 Å². The maximum atomic E-state index is 12.6. The lowest BCUT2D eigenvalue weighted by Gasteiger charge is -2.17. The quantitative estimate of drug-likeness (QED) is 0.436. The van der Waals surface area contributed by atoms with Crippen LogP contribution in [0.3, 0.4) is 0 Å². The smallest absolute Gasteiger partial charge is 0.303 e. The van der Waals surface area contributed by atoms with Crippen LogP contribution >= 0.6 is 0 Å². The fourth-order valence-corrected chi connectivity index (χ4v) is 5.05. The molecule has 2 unspecified atom stereocenters. The molecule has 6 heteroatoms. The summed E-state index contributed by atoms with van der Waals surface area (Å²) < 4.78 is 28.1. The highest BCUT2D eigenvalue weighted by molar-refractivity contribution is 7.89. The van der Waals surface area contributed by atoms with Gasteiger partial charge in [-0.05, 0) is 43.2 Å². The standard InChI is InChI=1S/C22H27NO4S/c24-21(25)11-7-2-1-6-10-20-18-12-13-19(16-18)22(20)23-28(26,27)15-14-17-8-4-3-5-9-17/h1,3-6,8-9,12-13,18-19,23H,2,7,10-11,14-16H2,(H,24,25). The van der Waals surface area contributed by atoms with E-state index < -0.39 is 16.0 Å². The Morgan fingerprint density at radius 3 is 2.64 bits per heavy atom. The molecule has 150 valence electrons. The number of carboxylic acids is 1. The summed E-state index contributed by atoms with van der Waals surface area (Å²) in [6, 6.07) is 9.63. The zero-order chi connectivity index (χ0) is 20.0. The lowest BCUT2D eigenvalue weighted by atomic mass is 9.98. The normalized spacial score (nSPS) is 21.0. The Morgan fingerprint density at radius 2 is 1.89 bits per heavy atom. The third-order valence-electron chi connectivity index (χ3n) is 5.28. The molecule has 0 spiro atoms. The van der Waals surface area contributed by atoms with Crippen LogP contribution in [-0.4, -0.2) is 25.2 Å². The molecule has 2 N–H and O–H groups in total. The fourth-order valence-electron chi connectivity index (χ4n) is 3.83. The first-order valence-electron chi connectivity index (χ1n) is 9.77. The van der Waals surface area contributed by atoms with Gasteiger partial charge in [0.25, 0.3) is 0 Å². The number of unbranched alkanes of at least 4 members (excludes halogenated alkanes) is 1. The van der Waals surface area contributed by atoms with Crippen molar-refractivity contribution in [1.29, 1.82) is 0 Å². The third kappa shape index (κ3) is 5.58. The summed E-state index contributed by atoms with van der Waals surface area (Å²) in [6.07, 6.45) is 11.9. The Labute approximate surface area is 166 Å². The molecular weight excluding hydrogens is 374 g/mol. The Bertz CT molecular complexity index is 884. The van der Waals surface area contributed by atoms with E-state index in [1.807, 2.05) is 42.5 Å². The van der Waals surface area contributed by atoms with Crippen molar-refractivity contribution < 1.29 is 18.3 Å². The summed E-state index contributed by atoms with van der Waals surface area (Å²) in [7, 11) is -3.40. The highest BCUT2D eigenvalue weighted by atomic mass is 32.2. The first-order valence-corrected chi connectivity index (χ1v) is 11.4. The molecule has 0 saturated carbocycles. The summed E-state index contributed by atoms with van der Waals surface area (Å²) in [4.78, 5) is 10.5. The summed E-state index contributed by atoms with van der Waals surface area (Å²) in [5, 5.41) is 8.67. The van der Waals surface area contributed by atoms with E-state index in [1.54, 1.807) is 0 Å². The lowest BCUT2D eigenvalue weighted by molar-refractivity contribution is -0.137. The summed E-state index contributed by atoms with van der Waals surface area (Å²) in [6.45, 7) is 0. The second kappa shape index (κ2) is 9.24.